The molecule has 0 radical (unpaired) electrons. The Balaban J connectivity index is 2.52. The number of aliphatic hydroxyl groups is 1. The van der Waals surface area contributed by atoms with Crippen molar-refractivity contribution in [3.8, 4) is 0 Å². The van der Waals surface area contributed by atoms with E-state index in [4.69, 9.17) is 4.74 Å². The Morgan fingerprint density at radius 3 is 2.64 bits per heavy atom. The van der Waals surface area contributed by atoms with Gasteiger partial charge in [0.2, 0.25) is 0 Å². The minimum Gasteiger partial charge on any atom is -0.386 e. The minimum atomic E-state index is -0.578. The molecule has 1 unspecified atom stereocenters. The van der Waals surface area contributed by atoms with Gasteiger partial charge in [0.15, 0.2) is 0 Å². The quantitative estimate of drug-likeness (QED) is 0.797. The first-order chi connectivity index (χ1) is 6.59. The summed E-state index contributed by atoms with van der Waals surface area (Å²) >= 11 is 0. The summed E-state index contributed by atoms with van der Waals surface area (Å²) in [5, 5.41) is 9.70. The molecule has 3 heteroatoms. The fraction of sp³-hybridized carbons (Fsp3) is 0.545. The molecule has 0 aliphatic heterocycles. The van der Waals surface area contributed by atoms with Crippen molar-refractivity contribution in [2.75, 3.05) is 6.61 Å². The van der Waals surface area contributed by atoms with Gasteiger partial charge in [-0.3, -0.25) is 4.98 Å². The summed E-state index contributed by atoms with van der Waals surface area (Å²) < 4.78 is 5.31. The van der Waals surface area contributed by atoms with Crippen LogP contribution in [0.2, 0.25) is 0 Å². The zero-order valence-corrected chi connectivity index (χ0v) is 8.90. The number of pyridine rings is 1. The molecule has 1 aromatic rings. The maximum Gasteiger partial charge on any atom is 0.104 e. The smallest absolute Gasteiger partial charge is 0.104 e. The van der Waals surface area contributed by atoms with Crippen LogP contribution in [0.15, 0.2) is 18.3 Å². The van der Waals surface area contributed by atoms with Crippen LogP contribution in [-0.4, -0.2) is 22.8 Å². The highest BCUT2D eigenvalue weighted by molar-refractivity contribution is 5.15. The first-order valence-electron chi connectivity index (χ1n) is 4.82. The predicted molar refractivity (Wildman–Crippen MR) is 55.0 cm³/mol. The van der Waals surface area contributed by atoms with Crippen molar-refractivity contribution in [1.82, 2.24) is 4.98 Å². The SMILES string of the molecule is Cc1ccc(C(O)COC(C)C)cn1. The monoisotopic (exact) mass is 195 g/mol. The summed E-state index contributed by atoms with van der Waals surface area (Å²) in [7, 11) is 0. The van der Waals surface area contributed by atoms with Gasteiger partial charge in [0, 0.05) is 17.5 Å². The molecular formula is C11H17NO2. The van der Waals surface area contributed by atoms with Crippen LogP contribution in [-0.2, 0) is 4.74 Å². The van der Waals surface area contributed by atoms with Crippen molar-refractivity contribution in [2.24, 2.45) is 0 Å². The van der Waals surface area contributed by atoms with E-state index in [0.29, 0.717) is 6.61 Å². The van der Waals surface area contributed by atoms with E-state index < -0.39 is 6.10 Å². The lowest BCUT2D eigenvalue weighted by atomic mass is 10.1. The lowest BCUT2D eigenvalue weighted by Gasteiger charge is -2.13. The Morgan fingerprint density at radius 2 is 2.14 bits per heavy atom. The third-order valence-corrected chi connectivity index (χ3v) is 1.91. The summed E-state index contributed by atoms with van der Waals surface area (Å²) in [5.74, 6) is 0. The first-order valence-corrected chi connectivity index (χ1v) is 4.82. The van der Waals surface area contributed by atoms with Crippen molar-refractivity contribution >= 4 is 0 Å². The van der Waals surface area contributed by atoms with Crippen LogP contribution in [0.3, 0.4) is 0 Å². The highest BCUT2D eigenvalue weighted by Gasteiger charge is 2.08. The fourth-order valence-electron chi connectivity index (χ4n) is 1.06. The standard InChI is InChI=1S/C11H17NO2/c1-8(2)14-7-11(13)10-5-4-9(3)12-6-10/h4-6,8,11,13H,7H2,1-3H3. The average Bonchev–Trinajstić information content (AvgIpc) is 2.15. The second kappa shape index (κ2) is 5.08. The maximum absolute atomic E-state index is 9.70. The molecule has 0 aromatic carbocycles. The van der Waals surface area contributed by atoms with Crippen LogP contribution in [0.5, 0.6) is 0 Å². The largest absolute Gasteiger partial charge is 0.386 e. The Morgan fingerprint density at radius 1 is 1.43 bits per heavy atom. The molecule has 0 aliphatic carbocycles. The zero-order valence-electron chi connectivity index (χ0n) is 8.90. The zero-order chi connectivity index (χ0) is 10.6. The summed E-state index contributed by atoms with van der Waals surface area (Å²) in [4.78, 5) is 4.11. The molecule has 1 aromatic heterocycles. The molecule has 14 heavy (non-hydrogen) atoms. The van der Waals surface area contributed by atoms with Gasteiger partial charge in [-0.2, -0.15) is 0 Å². The molecule has 0 saturated carbocycles. The maximum atomic E-state index is 9.70. The van der Waals surface area contributed by atoms with Crippen LogP contribution in [0.4, 0.5) is 0 Å². The lowest BCUT2D eigenvalue weighted by Crippen LogP contribution is -2.12. The molecular weight excluding hydrogens is 178 g/mol. The number of hydrogen-bond donors (Lipinski definition) is 1. The number of aryl methyl sites for hydroxylation is 1. The topological polar surface area (TPSA) is 42.4 Å². The molecule has 0 amide bonds. The Bertz CT molecular complexity index is 269. The van der Waals surface area contributed by atoms with Gasteiger partial charge in [0.25, 0.3) is 0 Å². The number of ether oxygens (including phenoxy) is 1. The highest BCUT2D eigenvalue weighted by Crippen LogP contribution is 2.12. The molecule has 0 bridgehead atoms. The normalized spacial score (nSPS) is 13.2. The molecule has 0 saturated heterocycles. The average molecular weight is 195 g/mol. The number of hydrogen-bond acceptors (Lipinski definition) is 3. The van der Waals surface area contributed by atoms with E-state index in [2.05, 4.69) is 4.98 Å². The molecule has 3 nitrogen and oxygen atoms in total. The first kappa shape index (κ1) is 11.1. The molecule has 1 rings (SSSR count). The number of aromatic nitrogens is 1. The van der Waals surface area contributed by atoms with E-state index >= 15 is 0 Å². The van der Waals surface area contributed by atoms with Crippen molar-refractivity contribution in [1.29, 1.82) is 0 Å². The van der Waals surface area contributed by atoms with Gasteiger partial charge in [0.05, 0.1) is 12.7 Å². The van der Waals surface area contributed by atoms with Crippen molar-refractivity contribution in [3.05, 3.63) is 29.6 Å². The van der Waals surface area contributed by atoms with Crippen molar-refractivity contribution in [2.45, 2.75) is 33.0 Å². The van der Waals surface area contributed by atoms with E-state index in [-0.39, 0.29) is 6.10 Å². The van der Waals surface area contributed by atoms with Crippen molar-refractivity contribution < 1.29 is 9.84 Å². The van der Waals surface area contributed by atoms with Gasteiger partial charge in [-0.05, 0) is 26.8 Å². The van der Waals surface area contributed by atoms with Gasteiger partial charge < -0.3 is 9.84 Å². The van der Waals surface area contributed by atoms with Crippen molar-refractivity contribution in [3.63, 3.8) is 0 Å². The van der Waals surface area contributed by atoms with Crippen LogP contribution in [0.25, 0.3) is 0 Å². The van der Waals surface area contributed by atoms with Gasteiger partial charge in [-0.1, -0.05) is 6.07 Å². The van der Waals surface area contributed by atoms with Gasteiger partial charge in [0.1, 0.15) is 6.10 Å². The second-order valence-electron chi connectivity index (χ2n) is 3.63. The van der Waals surface area contributed by atoms with Crippen LogP contribution in [0.1, 0.15) is 31.2 Å². The summed E-state index contributed by atoms with van der Waals surface area (Å²) in [6, 6.07) is 3.75. The number of rotatable bonds is 4. The molecule has 0 fully saturated rings. The lowest BCUT2D eigenvalue weighted by molar-refractivity contribution is 0.00480. The third-order valence-electron chi connectivity index (χ3n) is 1.91. The second-order valence-corrected chi connectivity index (χ2v) is 3.63. The summed E-state index contributed by atoms with van der Waals surface area (Å²) in [5.41, 5.74) is 1.75. The van der Waals surface area contributed by atoms with Crippen LogP contribution >= 0.6 is 0 Å². The van der Waals surface area contributed by atoms with Gasteiger partial charge in [-0.15, -0.1) is 0 Å². The molecule has 1 heterocycles. The number of nitrogens with zero attached hydrogens (tertiary/aromatic N) is 1. The van der Waals surface area contributed by atoms with Gasteiger partial charge >= 0.3 is 0 Å². The Kier molecular flexibility index (Phi) is 4.04. The van der Waals surface area contributed by atoms with Crippen LogP contribution < -0.4 is 0 Å². The number of aliphatic hydroxyl groups excluding tert-OH is 1. The highest BCUT2D eigenvalue weighted by atomic mass is 16.5. The summed E-state index contributed by atoms with van der Waals surface area (Å²) in [6.07, 6.45) is 1.25. The molecule has 1 N–H and O–H groups in total. The fourth-order valence-corrected chi connectivity index (χ4v) is 1.06. The molecule has 0 spiro atoms. The minimum absolute atomic E-state index is 0.142. The molecule has 78 valence electrons. The van der Waals surface area contributed by atoms with E-state index in [1.807, 2.05) is 32.9 Å². The van der Waals surface area contributed by atoms with Crippen LogP contribution in [0, 0.1) is 6.92 Å². The van der Waals surface area contributed by atoms with E-state index in [0.717, 1.165) is 11.3 Å². The molecule has 1 atom stereocenters. The van der Waals surface area contributed by atoms with E-state index in [1.54, 1.807) is 6.20 Å². The van der Waals surface area contributed by atoms with E-state index in [1.165, 1.54) is 0 Å². The van der Waals surface area contributed by atoms with E-state index in [9.17, 15) is 5.11 Å². The Labute approximate surface area is 84.7 Å². The predicted octanol–water partition coefficient (Wildman–Crippen LogP) is 1.85. The van der Waals surface area contributed by atoms with Gasteiger partial charge in [-0.25, -0.2) is 0 Å². The summed E-state index contributed by atoms with van der Waals surface area (Å²) in [6.45, 7) is 6.13. The third kappa shape index (κ3) is 3.44. The Hall–Kier alpha value is -0.930. The molecule has 0 aliphatic rings.